The third-order valence-electron chi connectivity index (χ3n) is 3.98. The number of halogens is 2. The van der Waals surface area contributed by atoms with E-state index in [-0.39, 0.29) is 30.9 Å². The second-order valence-corrected chi connectivity index (χ2v) is 7.89. The summed E-state index contributed by atoms with van der Waals surface area (Å²) in [5.74, 6) is -1.94. The van der Waals surface area contributed by atoms with Gasteiger partial charge in [-0.1, -0.05) is 47.8 Å². The van der Waals surface area contributed by atoms with E-state index in [4.69, 9.17) is 0 Å². The van der Waals surface area contributed by atoms with E-state index in [1.807, 2.05) is 0 Å². The van der Waals surface area contributed by atoms with Gasteiger partial charge in [-0.2, -0.15) is 0 Å². The number of carbonyl (C=O) groups excluding carboxylic acids is 2. The minimum Gasteiger partial charge on any atom is -0.288 e. The van der Waals surface area contributed by atoms with Gasteiger partial charge in [0.15, 0.2) is 0 Å². The van der Waals surface area contributed by atoms with Gasteiger partial charge in [0.05, 0.1) is 15.4 Å². The van der Waals surface area contributed by atoms with Crippen molar-refractivity contribution in [3.63, 3.8) is 0 Å². The molecule has 28 heavy (non-hydrogen) atoms. The van der Waals surface area contributed by atoms with Gasteiger partial charge in [0.25, 0.3) is 0 Å². The number of hydrogen-bond acceptors (Lipinski definition) is 5. The maximum absolute atomic E-state index is 14.2. The van der Waals surface area contributed by atoms with E-state index in [9.17, 15) is 18.4 Å². The van der Waals surface area contributed by atoms with Crippen molar-refractivity contribution in [2.75, 3.05) is 0 Å². The first-order valence-electron chi connectivity index (χ1n) is 8.19. The van der Waals surface area contributed by atoms with Crippen LogP contribution in [0.25, 0.3) is 0 Å². The molecule has 0 unspecified atom stereocenters. The highest BCUT2D eigenvalue weighted by molar-refractivity contribution is 8.08. The molecule has 3 aromatic rings. The van der Waals surface area contributed by atoms with Crippen LogP contribution in [0, 0.1) is 11.6 Å². The van der Waals surface area contributed by atoms with Crippen molar-refractivity contribution in [2.24, 2.45) is 0 Å². The molecule has 0 atom stereocenters. The van der Waals surface area contributed by atoms with Crippen molar-refractivity contribution in [3.05, 3.63) is 99.6 Å². The average molecular weight is 411 g/mol. The second-order valence-electron chi connectivity index (χ2n) is 5.78. The summed E-state index contributed by atoms with van der Waals surface area (Å²) in [6.45, 7) is 0. The summed E-state index contributed by atoms with van der Waals surface area (Å²) in [4.78, 5) is 30.6. The number of aromatic nitrogens is 1. The van der Waals surface area contributed by atoms with E-state index in [1.54, 1.807) is 18.2 Å². The Morgan fingerprint density at radius 3 is 1.79 bits per heavy atom. The molecule has 1 aliphatic rings. The van der Waals surface area contributed by atoms with Crippen LogP contribution in [0.1, 0.15) is 20.8 Å². The highest BCUT2D eigenvalue weighted by atomic mass is 32.2. The lowest BCUT2D eigenvalue weighted by atomic mass is 10.00. The summed E-state index contributed by atoms with van der Waals surface area (Å²) in [5, 5.41) is 0. The smallest absolute Gasteiger partial charge is 0.220 e. The van der Waals surface area contributed by atoms with E-state index < -0.39 is 23.2 Å². The lowest BCUT2D eigenvalue weighted by Gasteiger charge is -2.19. The molecule has 0 saturated heterocycles. The standard InChI is InChI=1S/C21H11F2NO2S2/c22-13-7-1-3-9-15(13)27-20-18(25)12-6-5-11-24-17(12)19(26)21(20)28-16-10-4-2-8-14(16)23/h1-11H. The van der Waals surface area contributed by atoms with Gasteiger partial charge in [-0.15, -0.1) is 0 Å². The van der Waals surface area contributed by atoms with Crippen LogP contribution in [0.2, 0.25) is 0 Å². The molecule has 2 aromatic carbocycles. The Morgan fingerprint density at radius 1 is 0.679 bits per heavy atom. The van der Waals surface area contributed by atoms with Crippen LogP contribution in [0.15, 0.2) is 86.5 Å². The van der Waals surface area contributed by atoms with E-state index in [0.29, 0.717) is 0 Å². The first-order chi connectivity index (χ1) is 13.6. The van der Waals surface area contributed by atoms with Gasteiger partial charge in [-0.25, -0.2) is 8.78 Å². The molecule has 0 N–H and O–H groups in total. The van der Waals surface area contributed by atoms with E-state index in [2.05, 4.69) is 4.98 Å². The summed E-state index contributed by atoms with van der Waals surface area (Å²) in [6.07, 6.45) is 1.42. The number of allylic oxidation sites excluding steroid dienone is 2. The molecule has 7 heteroatoms. The number of hydrogen-bond donors (Lipinski definition) is 0. The molecule has 4 rings (SSSR count). The number of carbonyl (C=O) groups is 2. The fourth-order valence-corrected chi connectivity index (χ4v) is 4.74. The molecule has 0 radical (unpaired) electrons. The Bertz CT molecular complexity index is 1060. The van der Waals surface area contributed by atoms with Gasteiger partial charge in [-0.05, 0) is 36.4 Å². The minimum absolute atomic E-state index is 0.0178. The molecule has 138 valence electrons. The van der Waals surface area contributed by atoms with Crippen LogP contribution in [-0.4, -0.2) is 16.6 Å². The van der Waals surface area contributed by atoms with E-state index >= 15 is 0 Å². The summed E-state index contributed by atoms with van der Waals surface area (Å²) in [5.41, 5.74) is 0.174. The van der Waals surface area contributed by atoms with E-state index in [1.165, 1.54) is 48.7 Å². The number of nitrogens with zero attached hydrogens (tertiary/aromatic N) is 1. The predicted octanol–water partition coefficient (Wildman–Crippen LogP) is 5.54. The Labute approximate surface area is 167 Å². The van der Waals surface area contributed by atoms with Crippen molar-refractivity contribution < 1.29 is 18.4 Å². The number of fused-ring (bicyclic) bond motifs is 1. The molecule has 0 amide bonds. The first-order valence-corrected chi connectivity index (χ1v) is 9.83. The van der Waals surface area contributed by atoms with Crippen LogP contribution in [-0.2, 0) is 0 Å². The second kappa shape index (κ2) is 7.69. The topological polar surface area (TPSA) is 47.0 Å². The normalized spacial score (nSPS) is 13.6. The van der Waals surface area contributed by atoms with Crippen LogP contribution in [0.4, 0.5) is 8.78 Å². The van der Waals surface area contributed by atoms with Gasteiger partial charge in [-0.3, -0.25) is 14.6 Å². The quantitative estimate of drug-likeness (QED) is 0.565. The Morgan fingerprint density at radius 2 is 1.21 bits per heavy atom. The number of Topliss-reactive ketones (excluding diaryl/α,β-unsaturated/α-hetero) is 2. The SMILES string of the molecule is O=C1C(Sc2ccccc2F)=C(Sc2ccccc2F)C(=O)c2ncccc21. The number of rotatable bonds is 4. The molecular formula is C21H11F2NO2S2. The first kappa shape index (κ1) is 18.6. The van der Waals surface area contributed by atoms with Crippen molar-refractivity contribution in [2.45, 2.75) is 9.79 Å². The van der Waals surface area contributed by atoms with Crippen molar-refractivity contribution >= 4 is 35.1 Å². The summed E-state index contributed by atoms with van der Waals surface area (Å²) in [6, 6.07) is 15.0. The number of benzene rings is 2. The molecule has 0 spiro atoms. The predicted molar refractivity (Wildman–Crippen MR) is 104 cm³/mol. The third kappa shape index (κ3) is 3.39. The van der Waals surface area contributed by atoms with Gasteiger partial charge >= 0.3 is 0 Å². The highest BCUT2D eigenvalue weighted by Gasteiger charge is 2.35. The zero-order valence-corrected chi connectivity index (χ0v) is 15.8. The Kier molecular flexibility index (Phi) is 5.11. The zero-order chi connectivity index (χ0) is 19.7. The minimum atomic E-state index is -0.512. The average Bonchev–Trinajstić information content (AvgIpc) is 2.71. The van der Waals surface area contributed by atoms with Crippen LogP contribution >= 0.6 is 23.5 Å². The fraction of sp³-hybridized carbons (Fsp3) is 0. The van der Waals surface area contributed by atoms with Crippen LogP contribution < -0.4 is 0 Å². The molecule has 0 fully saturated rings. The Hall–Kier alpha value is -2.77. The molecule has 0 saturated carbocycles. The Balaban J connectivity index is 1.86. The monoisotopic (exact) mass is 411 g/mol. The van der Waals surface area contributed by atoms with Crippen LogP contribution in [0.3, 0.4) is 0 Å². The zero-order valence-electron chi connectivity index (χ0n) is 14.2. The van der Waals surface area contributed by atoms with Gasteiger partial charge in [0, 0.05) is 16.0 Å². The molecule has 1 heterocycles. The maximum Gasteiger partial charge on any atom is 0.220 e. The van der Waals surface area contributed by atoms with Crippen LogP contribution in [0.5, 0.6) is 0 Å². The number of thioether (sulfide) groups is 2. The number of pyridine rings is 1. The van der Waals surface area contributed by atoms with Crippen molar-refractivity contribution in [3.8, 4) is 0 Å². The molecule has 3 nitrogen and oxygen atoms in total. The molecule has 1 aliphatic carbocycles. The molecular weight excluding hydrogens is 400 g/mol. The highest BCUT2D eigenvalue weighted by Crippen LogP contribution is 2.43. The van der Waals surface area contributed by atoms with E-state index in [0.717, 1.165) is 23.5 Å². The van der Waals surface area contributed by atoms with Gasteiger partial charge in [0.2, 0.25) is 11.6 Å². The van der Waals surface area contributed by atoms with Crippen molar-refractivity contribution in [1.82, 2.24) is 4.98 Å². The number of ketones is 2. The molecule has 0 bridgehead atoms. The largest absolute Gasteiger partial charge is 0.288 e. The van der Waals surface area contributed by atoms with Crippen molar-refractivity contribution in [1.29, 1.82) is 0 Å². The molecule has 0 aliphatic heterocycles. The van der Waals surface area contributed by atoms with Gasteiger partial charge < -0.3 is 0 Å². The maximum atomic E-state index is 14.2. The summed E-state index contributed by atoms with van der Waals surface area (Å²) >= 11 is 1.71. The lowest BCUT2D eigenvalue weighted by molar-refractivity contribution is 0.0984. The molecule has 1 aromatic heterocycles. The van der Waals surface area contributed by atoms with Gasteiger partial charge in [0.1, 0.15) is 17.3 Å². The third-order valence-corrected chi connectivity index (χ3v) is 6.40. The summed E-state index contributed by atoms with van der Waals surface area (Å²) < 4.78 is 28.3. The summed E-state index contributed by atoms with van der Waals surface area (Å²) in [7, 11) is 0. The lowest BCUT2D eigenvalue weighted by Crippen LogP contribution is -2.21. The fourth-order valence-electron chi connectivity index (χ4n) is 2.67.